The third kappa shape index (κ3) is 5.04. The molecular formula is C22H24Cl2N2O3. The Hall–Kier alpha value is -2.21. The lowest BCUT2D eigenvalue weighted by atomic mass is 9.84. The SMILES string of the molecule is COc1ccc(NCC2=CC=CC(Cc3c(Cl)cncc3Cl)(OC)C2)cc1OC. The Morgan fingerprint density at radius 1 is 1.07 bits per heavy atom. The Morgan fingerprint density at radius 3 is 2.45 bits per heavy atom. The predicted molar refractivity (Wildman–Crippen MR) is 118 cm³/mol. The largest absolute Gasteiger partial charge is 0.493 e. The first-order chi connectivity index (χ1) is 14.0. The molecule has 0 spiro atoms. The Bertz CT molecular complexity index is 910. The van der Waals surface area contributed by atoms with E-state index in [1.54, 1.807) is 33.7 Å². The molecule has 1 aromatic carbocycles. The van der Waals surface area contributed by atoms with Crippen LogP contribution in [0.1, 0.15) is 12.0 Å². The van der Waals surface area contributed by atoms with Gasteiger partial charge in [0.05, 0.1) is 29.9 Å². The molecule has 1 unspecified atom stereocenters. The van der Waals surface area contributed by atoms with Crippen molar-refractivity contribution in [3.63, 3.8) is 0 Å². The fraction of sp³-hybridized carbons (Fsp3) is 0.318. The standard InChI is InChI=1S/C22H24Cl2N2O3/c1-27-20-7-6-16(9-21(20)28-2)26-12-15-5-4-8-22(10-15,29-3)11-17-18(23)13-25-14-19(17)24/h4-9,13-14,26H,10-12H2,1-3H3. The van der Waals surface area contributed by atoms with Crippen molar-refractivity contribution in [3.8, 4) is 11.5 Å². The fourth-order valence-electron chi connectivity index (χ4n) is 3.38. The van der Waals surface area contributed by atoms with E-state index in [0.29, 0.717) is 34.5 Å². The molecular weight excluding hydrogens is 411 g/mol. The summed E-state index contributed by atoms with van der Waals surface area (Å²) in [4.78, 5) is 4.03. The van der Waals surface area contributed by atoms with Gasteiger partial charge in [0.15, 0.2) is 11.5 Å². The average molecular weight is 435 g/mol. The molecule has 1 atom stereocenters. The normalized spacial score (nSPS) is 18.3. The maximum absolute atomic E-state index is 6.32. The highest BCUT2D eigenvalue weighted by atomic mass is 35.5. The Balaban J connectivity index is 1.71. The van der Waals surface area contributed by atoms with E-state index in [9.17, 15) is 0 Å². The second-order valence-electron chi connectivity index (χ2n) is 6.81. The smallest absolute Gasteiger partial charge is 0.162 e. The van der Waals surface area contributed by atoms with Crippen LogP contribution >= 0.6 is 23.2 Å². The van der Waals surface area contributed by atoms with Crippen LogP contribution < -0.4 is 14.8 Å². The maximum atomic E-state index is 6.32. The Morgan fingerprint density at radius 2 is 1.79 bits per heavy atom. The zero-order chi connectivity index (χ0) is 20.9. The van der Waals surface area contributed by atoms with Gasteiger partial charge in [-0.15, -0.1) is 0 Å². The van der Waals surface area contributed by atoms with Gasteiger partial charge in [-0.25, -0.2) is 0 Å². The number of nitrogens with one attached hydrogen (secondary N) is 1. The number of ether oxygens (including phenoxy) is 3. The molecule has 0 aliphatic heterocycles. The van der Waals surface area contributed by atoms with E-state index in [1.807, 2.05) is 24.3 Å². The van der Waals surface area contributed by atoms with Gasteiger partial charge >= 0.3 is 0 Å². The van der Waals surface area contributed by atoms with E-state index in [0.717, 1.165) is 17.7 Å². The monoisotopic (exact) mass is 434 g/mol. The van der Waals surface area contributed by atoms with Crippen molar-refractivity contribution >= 4 is 28.9 Å². The topological polar surface area (TPSA) is 52.6 Å². The van der Waals surface area contributed by atoms with Gasteiger partial charge < -0.3 is 19.5 Å². The lowest BCUT2D eigenvalue weighted by Crippen LogP contribution is -2.35. The zero-order valence-corrected chi connectivity index (χ0v) is 18.2. The summed E-state index contributed by atoms with van der Waals surface area (Å²) in [6.45, 7) is 0.669. The molecule has 0 fully saturated rings. The Kier molecular flexibility index (Phi) is 7.06. The number of allylic oxidation sites excluding steroid dienone is 2. The first-order valence-electron chi connectivity index (χ1n) is 9.16. The van der Waals surface area contributed by atoms with Crippen molar-refractivity contribution in [3.05, 3.63) is 70.0 Å². The number of nitrogens with zero attached hydrogens (tertiary/aromatic N) is 1. The molecule has 0 saturated heterocycles. The van der Waals surface area contributed by atoms with Crippen LogP contribution in [0.2, 0.25) is 10.0 Å². The minimum Gasteiger partial charge on any atom is -0.493 e. The van der Waals surface area contributed by atoms with Crippen molar-refractivity contribution in [1.82, 2.24) is 4.98 Å². The van der Waals surface area contributed by atoms with Gasteiger partial charge in [0.25, 0.3) is 0 Å². The van der Waals surface area contributed by atoms with Crippen molar-refractivity contribution in [1.29, 1.82) is 0 Å². The third-order valence-corrected chi connectivity index (χ3v) is 5.65. The van der Waals surface area contributed by atoms with Gasteiger partial charge in [0, 0.05) is 50.6 Å². The van der Waals surface area contributed by atoms with E-state index in [4.69, 9.17) is 37.4 Å². The van der Waals surface area contributed by atoms with Crippen LogP contribution in [0.5, 0.6) is 11.5 Å². The van der Waals surface area contributed by atoms with E-state index < -0.39 is 5.60 Å². The maximum Gasteiger partial charge on any atom is 0.162 e. The minimum absolute atomic E-state index is 0.516. The van der Waals surface area contributed by atoms with E-state index in [-0.39, 0.29) is 0 Å². The van der Waals surface area contributed by atoms with E-state index in [1.165, 1.54) is 5.57 Å². The summed E-state index contributed by atoms with van der Waals surface area (Å²) >= 11 is 12.6. The average Bonchev–Trinajstić information content (AvgIpc) is 2.75. The van der Waals surface area contributed by atoms with E-state index in [2.05, 4.69) is 22.5 Å². The molecule has 1 aliphatic carbocycles. The number of methoxy groups -OCH3 is 3. The van der Waals surface area contributed by atoms with Crippen molar-refractivity contribution < 1.29 is 14.2 Å². The highest BCUT2D eigenvalue weighted by molar-refractivity contribution is 6.35. The highest BCUT2D eigenvalue weighted by Crippen LogP contribution is 2.35. The van der Waals surface area contributed by atoms with E-state index >= 15 is 0 Å². The molecule has 0 amide bonds. The number of rotatable bonds is 8. The van der Waals surface area contributed by atoms with Crippen LogP contribution in [0, 0.1) is 0 Å². The van der Waals surface area contributed by atoms with Gasteiger partial charge in [-0.3, -0.25) is 4.98 Å². The molecule has 7 heteroatoms. The van der Waals surface area contributed by atoms with Crippen LogP contribution in [0.25, 0.3) is 0 Å². The molecule has 2 aromatic rings. The molecule has 5 nitrogen and oxygen atoms in total. The van der Waals surface area contributed by atoms with Crippen LogP contribution in [-0.4, -0.2) is 38.5 Å². The van der Waals surface area contributed by atoms with Gasteiger partial charge in [-0.2, -0.15) is 0 Å². The molecule has 0 saturated carbocycles. The summed E-state index contributed by atoms with van der Waals surface area (Å²) in [5, 5.41) is 4.52. The highest BCUT2D eigenvalue weighted by Gasteiger charge is 2.32. The zero-order valence-electron chi connectivity index (χ0n) is 16.7. The summed E-state index contributed by atoms with van der Waals surface area (Å²) < 4.78 is 16.6. The predicted octanol–water partition coefficient (Wildman–Crippen LogP) is 5.33. The van der Waals surface area contributed by atoms with Crippen LogP contribution in [-0.2, 0) is 11.2 Å². The molecule has 1 heterocycles. The number of hydrogen-bond acceptors (Lipinski definition) is 5. The van der Waals surface area contributed by atoms with Crippen LogP contribution in [0.4, 0.5) is 5.69 Å². The summed E-state index contributed by atoms with van der Waals surface area (Å²) in [5.41, 5.74) is 2.47. The molecule has 154 valence electrons. The molecule has 29 heavy (non-hydrogen) atoms. The van der Waals surface area contributed by atoms with Crippen LogP contribution in [0.3, 0.4) is 0 Å². The molecule has 1 N–H and O–H groups in total. The number of anilines is 1. The lowest BCUT2D eigenvalue weighted by molar-refractivity contribution is 0.0317. The molecule has 0 radical (unpaired) electrons. The summed E-state index contributed by atoms with van der Waals surface area (Å²) in [6.07, 6.45) is 10.7. The number of benzene rings is 1. The molecule has 1 aromatic heterocycles. The summed E-state index contributed by atoms with van der Waals surface area (Å²) in [7, 11) is 4.95. The lowest BCUT2D eigenvalue weighted by Gasteiger charge is -2.33. The fourth-order valence-corrected chi connectivity index (χ4v) is 3.88. The molecule has 3 rings (SSSR count). The second-order valence-corrected chi connectivity index (χ2v) is 7.63. The third-order valence-electron chi connectivity index (χ3n) is 5.00. The first kappa shape index (κ1) is 21.5. The van der Waals surface area contributed by atoms with Crippen molar-refractivity contribution in [2.45, 2.75) is 18.4 Å². The van der Waals surface area contributed by atoms with Crippen LogP contribution in [0.15, 0.2) is 54.4 Å². The quantitative estimate of drug-likeness (QED) is 0.607. The first-order valence-corrected chi connectivity index (χ1v) is 9.92. The van der Waals surface area contributed by atoms with Crippen molar-refractivity contribution in [2.24, 2.45) is 0 Å². The summed E-state index contributed by atoms with van der Waals surface area (Å²) in [6, 6.07) is 5.75. The van der Waals surface area contributed by atoms with Gasteiger partial charge in [-0.05, 0) is 23.3 Å². The van der Waals surface area contributed by atoms with Gasteiger partial charge in [0.2, 0.25) is 0 Å². The number of halogens is 2. The summed E-state index contributed by atoms with van der Waals surface area (Å²) in [5.74, 6) is 1.38. The number of aromatic nitrogens is 1. The van der Waals surface area contributed by atoms with Gasteiger partial charge in [0.1, 0.15) is 0 Å². The second kappa shape index (κ2) is 9.53. The molecule has 0 bridgehead atoms. The Labute approximate surface area is 181 Å². The minimum atomic E-state index is -0.516. The molecule has 1 aliphatic rings. The number of pyridine rings is 1. The number of hydrogen-bond donors (Lipinski definition) is 1. The van der Waals surface area contributed by atoms with Crippen molar-refractivity contribution in [2.75, 3.05) is 33.2 Å². The van der Waals surface area contributed by atoms with Gasteiger partial charge in [-0.1, -0.05) is 41.4 Å².